The molecule has 1 saturated heterocycles. The Hall–Kier alpha value is -2.72. The molecule has 0 aromatic heterocycles. The van der Waals surface area contributed by atoms with E-state index in [1.54, 1.807) is 49.9 Å². The quantitative estimate of drug-likeness (QED) is 0.361. The molecule has 218 valence electrons. The van der Waals surface area contributed by atoms with Crippen molar-refractivity contribution in [2.24, 2.45) is 5.92 Å². The van der Waals surface area contributed by atoms with Gasteiger partial charge in [0.25, 0.3) is 0 Å². The summed E-state index contributed by atoms with van der Waals surface area (Å²) in [7, 11) is 0. The molecule has 1 atom stereocenters. The smallest absolute Gasteiger partial charge is 0.410 e. The predicted octanol–water partition coefficient (Wildman–Crippen LogP) is 6.33. The molecule has 2 aromatic carbocycles. The Kier molecular flexibility index (Phi) is 10.1. The van der Waals surface area contributed by atoms with Crippen molar-refractivity contribution in [1.29, 1.82) is 0 Å². The van der Waals surface area contributed by atoms with Crippen LogP contribution >= 0.6 is 15.9 Å². The van der Waals surface area contributed by atoms with Gasteiger partial charge in [-0.15, -0.1) is 0 Å². The summed E-state index contributed by atoms with van der Waals surface area (Å²) in [5.41, 5.74) is -0.275. The number of carbonyl (C=O) groups is 2. The van der Waals surface area contributed by atoms with Crippen LogP contribution in [0.25, 0.3) is 0 Å². The van der Waals surface area contributed by atoms with E-state index >= 15 is 0 Å². The van der Waals surface area contributed by atoms with Crippen LogP contribution in [0.15, 0.2) is 46.9 Å². The average Bonchev–Trinajstić information content (AvgIpc) is 2.91. The van der Waals surface area contributed by atoms with Crippen molar-refractivity contribution in [1.82, 2.24) is 9.80 Å². The highest BCUT2D eigenvalue weighted by Gasteiger charge is 2.36. The third kappa shape index (κ3) is 8.39. The molecule has 4 rings (SSSR count). The van der Waals surface area contributed by atoms with E-state index in [1.165, 1.54) is 18.2 Å². The maximum absolute atomic E-state index is 14.7. The number of benzene rings is 2. The number of hydrogen-bond acceptors (Lipinski definition) is 5. The third-order valence-electron chi connectivity index (χ3n) is 7.17. The van der Waals surface area contributed by atoms with Crippen molar-refractivity contribution in [2.75, 3.05) is 26.3 Å². The molecule has 7 nitrogen and oxygen atoms in total. The maximum atomic E-state index is 14.7. The molecule has 1 aliphatic carbocycles. The minimum atomic E-state index is -0.686. The fraction of sp³-hybridized carbons (Fsp3) is 0.533. The Morgan fingerprint density at radius 2 is 1.77 bits per heavy atom. The maximum Gasteiger partial charge on any atom is 0.410 e. The van der Waals surface area contributed by atoms with Crippen LogP contribution in [0.3, 0.4) is 0 Å². The fourth-order valence-corrected chi connectivity index (χ4v) is 5.46. The summed E-state index contributed by atoms with van der Waals surface area (Å²) >= 11 is 3.28. The van der Waals surface area contributed by atoms with Gasteiger partial charge in [-0.1, -0.05) is 22.0 Å². The average molecular weight is 624 g/mol. The van der Waals surface area contributed by atoms with Gasteiger partial charge in [-0.25, -0.2) is 13.6 Å². The molecule has 1 aliphatic heterocycles. The zero-order valence-corrected chi connectivity index (χ0v) is 24.8. The molecular formula is C30H37BrF2N2O5. The number of carbonyl (C=O) groups excluding carboxylic acids is 2. The molecular weight excluding hydrogens is 586 g/mol. The molecule has 2 fully saturated rings. The second-order valence-electron chi connectivity index (χ2n) is 11.4. The number of halogens is 3. The normalized spacial score (nSPS) is 21.6. The highest BCUT2D eigenvalue weighted by molar-refractivity contribution is 9.10. The summed E-state index contributed by atoms with van der Waals surface area (Å²) in [5, 5.41) is 0. The minimum Gasteiger partial charge on any atom is -0.491 e. The number of hydrogen-bond donors (Lipinski definition) is 0. The fourth-order valence-electron chi connectivity index (χ4n) is 5.13. The molecule has 2 aromatic rings. The molecule has 0 bridgehead atoms. The zero-order chi connectivity index (χ0) is 28.9. The summed E-state index contributed by atoms with van der Waals surface area (Å²) in [6, 6.07) is 10.4. The van der Waals surface area contributed by atoms with Gasteiger partial charge >= 0.3 is 6.09 Å². The van der Waals surface area contributed by atoms with Crippen LogP contribution in [0.5, 0.6) is 5.75 Å². The molecule has 10 heteroatoms. The van der Waals surface area contributed by atoms with Crippen molar-refractivity contribution in [3.8, 4) is 5.75 Å². The largest absolute Gasteiger partial charge is 0.491 e. The van der Waals surface area contributed by atoms with Crippen molar-refractivity contribution in [2.45, 2.75) is 70.7 Å². The summed E-state index contributed by atoms with van der Waals surface area (Å²) < 4.78 is 45.6. The van der Waals surface area contributed by atoms with Crippen LogP contribution in [0, 0.1) is 17.6 Å². The molecule has 1 heterocycles. The highest BCUT2D eigenvalue weighted by Crippen LogP contribution is 2.32. The lowest BCUT2D eigenvalue weighted by Crippen LogP contribution is -2.51. The topological polar surface area (TPSA) is 68.3 Å². The third-order valence-corrected chi connectivity index (χ3v) is 7.66. The second-order valence-corrected chi connectivity index (χ2v) is 12.3. The summed E-state index contributed by atoms with van der Waals surface area (Å²) in [5.74, 6) is -0.252. The van der Waals surface area contributed by atoms with E-state index < -0.39 is 17.5 Å². The van der Waals surface area contributed by atoms with Gasteiger partial charge in [0.05, 0.1) is 19.7 Å². The van der Waals surface area contributed by atoms with Gasteiger partial charge < -0.3 is 24.0 Å². The van der Waals surface area contributed by atoms with E-state index in [0.29, 0.717) is 61.2 Å². The van der Waals surface area contributed by atoms with Crippen molar-refractivity contribution in [3.05, 3.63) is 64.1 Å². The van der Waals surface area contributed by atoms with Gasteiger partial charge in [0.15, 0.2) is 0 Å². The molecule has 40 heavy (non-hydrogen) atoms. The number of rotatable bonds is 7. The van der Waals surface area contributed by atoms with Crippen LogP contribution < -0.4 is 4.74 Å². The lowest BCUT2D eigenvalue weighted by Gasteiger charge is -2.39. The molecule has 0 spiro atoms. The summed E-state index contributed by atoms with van der Waals surface area (Å²) in [4.78, 5) is 30.0. The summed E-state index contributed by atoms with van der Waals surface area (Å²) in [6.07, 6.45) is 1.73. The van der Waals surface area contributed by atoms with E-state index in [9.17, 15) is 18.4 Å². The van der Waals surface area contributed by atoms with Gasteiger partial charge in [0.2, 0.25) is 5.91 Å². The lowest BCUT2D eigenvalue weighted by molar-refractivity contribution is -0.145. The van der Waals surface area contributed by atoms with Gasteiger partial charge in [0.1, 0.15) is 35.7 Å². The van der Waals surface area contributed by atoms with Crippen LogP contribution in [-0.2, 0) is 20.8 Å². The van der Waals surface area contributed by atoms with Gasteiger partial charge in [-0.3, -0.25) is 4.79 Å². The van der Waals surface area contributed by atoms with Crippen molar-refractivity contribution in [3.63, 3.8) is 0 Å². The first-order valence-corrected chi connectivity index (χ1v) is 14.5. The van der Waals surface area contributed by atoms with E-state index in [0.717, 1.165) is 0 Å². The van der Waals surface area contributed by atoms with Crippen molar-refractivity contribution >= 4 is 27.9 Å². The first-order chi connectivity index (χ1) is 19.0. The molecule has 2 aliphatic rings. The Morgan fingerprint density at radius 3 is 2.42 bits per heavy atom. The van der Waals surface area contributed by atoms with Crippen LogP contribution in [-0.4, -0.2) is 65.9 Å². The van der Waals surface area contributed by atoms with Crippen LogP contribution in [0.2, 0.25) is 0 Å². The first kappa shape index (κ1) is 30.2. The highest BCUT2D eigenvalue weighted by atomic mass is 79.9. The van der Waals surface area contributed by atoms with E-state index in [1.807, 2.05) is 4.90 Å². The first-order valence-electron chi connectivity index (χ1n) is 13.7. The van der Waals surface area contributed by atoms with Crippen LogP contribution in [0.1, 0.15) is 52.0 Å². The molecule has 2 amide bonds. The lowest BCUT2D eigenvalue weighted by atomic mass is 9.84. The van der Waals surface area contributed by atoms with Gasteiger partial charge in [-0.2, -0.15) is 0 Å². The number of amides is 2. The second kappa shape index (κ2) is 13.3. The zero-order valence-electron chi connectivity index (χ0n) is 23.2. The Balaban J connectivity index is 1.34. The summed E-state index contributed by atoms with van der Waals surface area (Å²) in [6.45, 7) is 7.13. The molecule has 0 N–H and O–H groups in total. The Morgan fingerprint density at radius 1 is 1.07 bits per heavy atom. The van der Waals surface area contributed by atoms with Gasteiger partial charge in [0, 0.05) is 28.5 Å². The minimum absolute atomic E-state index is 0.0799. The number of ether oxygens (including phenoxy) is 3. The van der Waals surface area contributed by atoms with Crippen LogP contribution in [0.4, 0.5) is 13.6 Å². The molecule has 1 unspecified atom stereocenters. The van der Waals surface area contributed by atoms with E-state index in [2.05, 4.69) is 15.9 Å². The standard InChI is InChI=1S/C30H37BrF2N2O5/c1-30(2,3)40-29(37)35(17-21-4-7-22(31)16-27(21)33)24-10-5-20(6-11-24)28(36)34-14-15-38-26(18-34)19-39-25-12-8-23(32)9-13-25/h4,7-9,12-13,16,20,24,26H,5-6,10-11,14-15,17-19H2,1-3H3. The van der Waals surface area contributed by atoms with E-state index in [4.69, 9.17) is 14.2 Å². The molecule has 0 radical (unpaired) electrons. The SMILES string of the molecule is CC(C)(C)OC(=O)N(Cc1ccc(Br)cc1F)C1CCC(C(=O)N2CCOC(COc3ccc(F)cc3)C2)CC1. The monoisotopic (exact) mass is 622 g/mol. The Labute approximate surface area is 242 Å². The van der Waals surface area contributed by atoms with Gasteiger partial charge in [-0.05, 0) is 82.9 Å². The molecule has 1 saturated carbocycles. The Bertz CT molecular complexity index is 1170. The number of morpholine rings is 1. The predicted molar refractivity (Wildman–Crippen MR) is 150 cm³/mol. The van der Waals surface area contributed by atoms with Crippen molar-refractivity contribution < 1.29 is 32.6 Å². The van der Waals surface area contributed by atoms with E-state index in [-0.39, 0.29) is 42.9 Å². The number of nitrogens with zero attached hydrogens (tertiary/aromatic N) is 2.